The highest BCUT2D eigenvalue weighted by Crippen LogP contribution is 2.15. The van der Waals surface area contributed by atoms with Gasteiger partial charge in [-0.15, -0.1) is 0 Å². The van der Waals surface area contributed by atoms with Crippen LogP contribution in [0.25, 0.3) is 0 Å². The number of amides is 1. The number of nitrogens with one attached hydrogen (secondary N) is 2. The Kier molecular flexibility index (Phi) is 7.66. The summed E-state index contributed by atoms with van der Waals surface area (Å²) in [6, 6.07) is 13.9. The van der Waals surface area contributed by atoms with Gasteiger partial charge in [-0.3, -0.25) is 10.1 Å². The molecule has 0 heterocycles. The summed E-state index contributed by atoms with van der Waals surface area (Å²) in [6.07, 6.45) is 0. The number of carbonyl (C=O) groups excluding carboxylic acids is 1. The predicted octanol–water partition coefficient (Wildman–Crippen LogP) is 3.88. The summed E-state index contributed by atoms with van der Waals surface area (Å²) < 4.78 is 10.7. The molecule has 0 fully saturated rings. The molecule has 0 aromatic heterocycles. The zero-order valence-corrected chi connectivity index (χ0v) is 15.3. The summed E-state index contributed by atoms with van der Waals surface area (Å²) in [5.74, 6) is 0.372. The van der Waals surface area contributed by atoms with Crippen molar-refractivity contribution >= 4 is 40.5 Å². The zero-order valence-electron chi connectivity index (χ0n) is 13.8. The number of rotatable bonds is 7. The van der Waals surface area contributed by atoms with Gasteiger partial charge in [-0.2, -0.15) is 0 Å². The number of carbonyl (C=O) groups is 1. The fourth-order valence-electron chi connectivity index (χ4n) is 1.97. The lowest BCUT2D eigenvalue weighted by Crippen LogP contribution is -2.34. The molecule has 0 radical (unpaired) electrons. The topological polar surface area (TPSA) is 59.6 Å². The molecule has 0 atom stereocenters. The van der Waals surface area contributed by atoms with Gasteiger partial charge in [0.25, 0.3) is 5.91 Å². The Labute approximate surface area is 157 Å². The van der Waals surface area contributed by atoms with E-state index >= 15 is 0 Å². The lowest BCUT2D eigenvalue weighted by molar-refractivity contribution is 0.0977. The molecule has 0 saturated carbocycles. The first kappa shape index (κ1) is 19.2. The Hall–Kier alpha value is -2.15. The standard InChI is InChI=1S/C18H19ClN2O3S/c1-2-23-10-11-24-16-8-6-13(7-9-16)17(22)21-18(25)20-15-5-3-4-14(19)12-15/h3-9,12H,2,10-11H2,1H3,(H2,20,21,22,25). The van der Waals surface area contributed by atoms with Crippen molar-refractivity contribution < 1.29 is 14.3 Å². The van der Waals surface area contributed by atoms with Crippen molar-refractivity contribution in [1.82, 2.24) is 5.32 Å². The number of anilines is 1. The van der Waals surface area contributed by atoms with Gasteiger partial charge in [-0.25, -0.2) is 0 Å². The molecule has 2 aromatic rings. The maximum absolute atomic E-state index is 12.2. The third-order valence-corrected chi connectivity index (χ3v) is 3.57. The van der Waals surface area contributed by atoms with Crippen molar-refractivity contribution in [3.63, 3.8) is 0 Å². The van der Waals surface area contributed by atoms with Crippen molar-refractivity contribution in [2.75, 3.05) is 25.1 Å². The molecule has 0 saturated heterocycles. The average Bonchev–Trinajstić information content (AvgIpc) is 2.59. The van der Waals surface area contributed by atoms with E-state index in [0.29, 0.717) is 41.8 Å². The molecule has 7 heteroatoms. The van der Waals surface area contributed by atoms with Gasteiger partial charge in [-0.05, 0) is 61.6 Å². The van der Waals surface area contributed by atoms with E-state index in [-0.39, 0.29) is 11.0 Å². The summed E-state index contributed by atoms with van der Waals surface area (Å²) in [5.41, 5.74) is 1.18. The summed E-state index contributed by atoms with van der Waals surface area (Å²) in [6.45, 7) is 3.58. The average molecular weight is 379 g/mol. The highest BCUT2D eigenvalue weighted by molar-refractivity contribution is 7.80. The van der Waals surface area contributed by atoms with Gasteiger partial charge in [0.2, 0.25) is 0 Å². The molecule has 0 aliphatic carbocycles. The number of hydrogen-bond acceptors (Lipinski definition) is 4. The lowest BCUT2D eigenvalue weighted by Gasteiger charge is -2.10. The Bertz CT molecular complexity index is 723. The Morgan fingerprint density at radius 2 is 1.92 bits per heavy atom. The van der Waals surface area contributed by atoms with Crippen molar-refractivity contribution in [2.24, 2.45) is 0 Å². The van der Waals surface area contributed by atoms with Crippen LogP contribution in [0.15, 0.2) is 48.5 Å². The number of thiocarbonyl (C=S) groups is 1. The van der Waals surface area contributed by atoms with E-state index in [0.717, 1.165) is 0 Å². The first-order chi connectivity index (χ1) is 12.1. The summed E-state index contributed by atoms with van der Waals surface area (Å²) in [5, 5.41) is 6.31. The van der Waals surface area contributed by atoms with Crippen LogP contribution < -0.4 is 15.4 Å². The van der Waals surface area contributed by atoms with E-state index in [1.807, 2.05) is 6.92 Å². The van der Waals surface area contributed by atoms with Crippen LogP contribution in [0.1, 0.15) is 17.3 Å². The molecule has 0 spiro atoms. The predicted molar refractivity (Wildman–Crippen MR) is 104 cm³/mol. The van der Waals surface area contributed by atoms with Crippen LogP contribution in [0.5, 0.6) is 5.75 Å². The van der Waals surface area contributed by atoms with Crippen LogP contribution in [0.2, 0.25) is 5.02 Å². The molecule has 2 rings (SSSR count). The van der Waals surface area contributed by atoms with Crippen LogP contribution in [0.4, 0.5) is 5.69 Å². The first-order valence-electron chi connectivity index (χ1n) is 7.77. The third kappa shape index (κ3) is 6.70. The van der Waals surface area contributed by atoms with Crippen LogP contribution in [0, 0.1) is 0 Å². The van der Waals surface area contributed by atoms with Crippen molar-refractivity contribution in [1.29, 1.82) is 0 Å². The Morgan fingerprint density at radius 3 is 2.60 bits per heavy atom. The van der Waals surface area contributed by atoms with Gasteiger partial charge in [0.1, 0.15) is 12.4 Å². The second kappa shape index (κ2) is 9.98. The normalized spacial score (nSPS) is 10.2. The van der Waals surface area contributed by atoms with Crippen LogP contribution in [-0.4, -0.2) is 30.8 Å². The lowest BCUT2D eigenvalue weighted by atomic mass is 10.2. The quantitative estimate of drug-likeness (QED) is 0.565. The van der Waals surface area contributed by atoms with E-state index in [4.69, 9.17) is 33.3 Å². The van der Waals surface area contributed by atoms with E-state index in [1.54, 1.807) is 48.5 Å². The van der Waals surface area contributed by atoms with Gasteiger partial charge in [0.05, 0.1) is 6.61 Å². The summed E-state index contributed by atoms with van der Waals surface area (Å²) in [7, 11) is 0. The van der Waals surface area contributed by atoms with E-state index in [9.17, 15) is 4.79 Å². The van der Waals surface area contributed by atoms with E-state index < -0.39 is 0 Å². The zero-order chi connectivity index (χ0) is 18.1. The molecule has 0 unspecified atom stereocenters. The van der Waals surface area contributed by atoms with Crippen LogP contribution in [0.3, 0.4) is 0 Å². The highest BCUT2D eigenvalue weighted by atomic mass is 35.5. The largest absolute Gasteiger partial charge is 0.491 e. The number of hydrogen-bond donors (Lipinski definition) is 2. The van der Waals surface area contributed by atoms with Gasteiger partial charge in [0, 0.05) is 22.9 Å². The monoisotopic (exact) mass is 378 g/mol. The molecule has 0 aliphatic rings. The fourth-order valence-corrected chi connectivity index (χ4v) is 2.37. The Balaban J connectivity index is 1.84. The second-order valence-electron chi connectivity index (χ2n) is 4.99. The highest BCUT2D eigenvalue weighted by Gasteiger charge is 2.08. The van der Waals surface area contributed by atoms with Gasteiger partial charge in [0.15, 0.2) is 5.11 Å². The molecule has 0 aliphatic heterocycles. The van der Waals surface area contributed by atoms with Gasteiger partial charge < -0.3 is 14.8 Å². The van der Waals surface area contributed by atoms with Crippen molar-refractivity contribution in [3.8, 4) is 5.75 Å². The SMILES string of the molecule is CCOCCOc1ccc(C(=O)NC(=S)Nc2cccc(Cl)c2)cc1. The van der Waals surface area contributed by atoms with Crippen LogP contribution >= 0.6 is 23.8 Å². The maximum atomic E-state index is 12.2. The molecule has 0 bridgehead atoms. The van der Waals surface area contributed by atoms with Crippen molar-refractivity contribution in [2.45, 2.75) is 6.92 Å². The first-order valence-corrected chi connectivity index (χ1v) is 8.55. The molecular formula is C18H19ClN2O3S. The molecule has 2 aromatic carbocycles. The fraction of sp³-hybridized carbons (Fsp3) is 0.222. The minimum Gasteiger partial charge on any atom is -0.491 e. The Morgan fingerprint density at radius 1 is 1.16 bits per heavy atom. The number of ether oxygens (including phenoxy) is 2. The number of benzene rings is 2. The summed E-state index contributed by atoms with van der Waals surface area (Å²) in [4.78, 5) is 12.2. The maximum Gasteiger partial charge on any atom is 0.257 e. The van der Waals surface area contributed by atoms with Crippen LogP contribution in [-0.2, 0) is 4.74 Å². The van der Waals surface area contributed by atoms with Crippen molar-refractivity contribution in [3.05, 3.63) is 59.1 Å². The summed E-state index contributed by atoms with van der Waals surface area (Å²) >= 11 is 11.0. The minimum atomic E-state index is -0.305. The molecule has 132 valence electrons. The molecular weight excluding hydrogens is 360 g/mol. The van der Waals surface area contributed by atoms with E-state index in [2.05, 4.69) is 10.6 Å². The van der Waals surface area contributed by atoms with Gasteiger partial charge in [-0.1, -0.05) is 17.7 Å². The van der Waals surface area contributed by atoms with E-state index in [1.165, 1.54) is 0 Å². The molecule has 1 amide bonds. The molecule has 5 nitrogen and oxygen atoms in total. The van der Waals surface area contributed by atoms with Gasteiger partial charge >= 0.3 is 0 Å². The second-order valence-corrected chi connectivity index (χ2v) is 5.83. The molecule has 2 N–H and O–H groups in total. The third-order valence-electron chi connectivity index (χ3n) is 3.13. The number of halogens is 1. The smallest absolute Gasteiger partial charge is 0.257 e. The molecule has 25 heavy (non-hydrogen) atoms. The minimum absolute atomic E-state index is 0.198.